The standard InChI is InChI=1S/C17H24N4O/c1-2-3-10-18-17-19-14-8-4-5-9-15(14)21(17)13-16(22)20-11-6-7-12-20/h4-5,8-9H,2-3,6-7,10-13H2,1H3,(H,18,19). The van der Waals surface area contributed by atoms with Crippen LogP contribution in [0.25, 0.3) is 11.0 Å². The van der Waals surface area contributed by atoms with Crippen LogP contribution in [0.2, 0.25) is 0 Å². The summed E-state index contributed by atoms with van der Waals surface area (Å²) in [5.74, 6) is 1.00. The van der Waals surface area contributed by atoms with E-state index < -0.39 is 0 Å². The average molecular weight is 300 g/mol. The lowest BCUT2D eigenvalue weighted by atomic mass is 10.3. The highest BCUT2D eigenvalue weighted by molar-refractivity contribution is 5.83. The summed E-state index contributed by atoms with van der Waals surface area (Å²) < 4.78 is 2.02. The normalized spacial score (nSPS) is 14.7. The van der Waals surface area contributed by atoms with Crippen LogP contribution in [0.15, 0.2) is 24.3 Å². The second-order valence-electron chi connectivity index (χ2n) is 5.88. The number of anilines is 1. The molecular weight excluding hydrogens is 276 g/mol. The van der Waals surface area contributed by atoms with Gasteiger partial charge in [0, 0.05) is 19.6 Å². The Morgan fingerprint density at radius 3 is 2.82 bits per heavy atom. The number of unbranched alkanes of at least 4 members (excludes halogenated alkanes) is 1. The van der Waals surface area contributed by atoms with Gasteiger partial charge < -0.3 is 14.8 Å². The average Bonchev–Trinajstić information content (AvgIpc) is 3.16. The summed E-state index contributed by atoms with van der Waals surface area (Å²) in [6.07, 6.45) is 4.49. The van der Waals surface area contributed by atoms with Crippen LogP contribution in [0.4, 0.5) is 5.95 Å². The van der Waals surface area contributed by atoms with Crippen LogP contribution in [-0.4, -0.2) is 40.0 Å². The van der Waals surface area contributed by atoms with Crippen molar-refractivity contribution in [3.8, 4) is 0 Å². The maximum Gasteiger partial charge on any atom is 0.242 e. The van der Waals surface area contributed by atoms with E-state index in [4.69, 9.17) is 0 Å². The Morgan fingerprint density at radius 2 is 2.05 bits per heavy atom. The van der Waals surface area contributed by atoms with E-state index in [1.54, 1.807) is 0 Å². The minimum Gasteiger partial charge on any atom is -0.356 e. The summed E-state index contributed by atoms with van der Waals surface area (Å²) in [4.78, 5) is 19.1. The minimum atomic E-state index is 0.194. The number of nitrogens with zero attached hydrogens (tertiary/aromatic N) is 3. The van der Waals surface area contributed by atoms with Gasteiger partial charge in [-0.2, -0.15) is 0 Å². The molecule has 1 aromatic carbocycles. The van der Waals surface area contributed by atoms with Crippen molar-refractivity contribution in [1.82, 2.24) is 14.5 Å². The van der Waals surface area contributed by atoms with Gasteiger partial charge in [0.1, 0.15) is 6.54 Å². The van der Waals surface area contributed by atoms with Gasteiger partial charge in [-0.1, -0.05) is 25.5 Å². The predicted molar refractivity (Wildman–Crippen MR) is 88.9 cm³/mol. The number of carbonyl (C=O) groups excluding carboxylic acids is 1. The molecule has 2 aromatic rings. The van der Waals surface area contributed by atoms with Crippen molar-refractivity contribution < 1.29 is 4.79 Å². The van der Waals surface area contributed by atoms with Crippen LogP contribution in [-0.2, 0) is 11.3 Å². The van der Waals surface area contributed by atoms with Crippen molar-refractivity contribution in [1.29, 1.82) is 0 Å². The summed E-state index contributed by atoms with van der Waals surface area (Å²) in [6, 6.07) is 8.01. The van der Waals surface area contributed by atoms with Crippen molar-refractivity contribution >= 4 is 22.9 Å². The second kappa shape index (κ2) is 6.81. The van der Waals surface area contributed by atoms with E-state index in [2.05, 4.69) is 17.2 Å². The zero-order valence-electron chi connectivity index (χ0n) is 13.2. The molecule has 5 heteroatoms. The number of rotatable bonds is 6. The van der Waals surface area contributed by atoms with E-state index in [-0.39, 0.29) is 5.91 Å². The molecule has 1 saturated heterocycles. The SMILES string of the molecule is CCCCNc1nc2ccccc2n1CC(=O)N1CCCC1. The maximum absolute atomic E-state index is 12.5. The van der Waals surface area contributed by atoms with E-state index in [1.807, 2.05) is 33.7 Å². The topological polar surface area (TPSA) is 50.2 Å². The van der Waals surface area contributed by atoms with Crippen molar-refractivity contribution in [2.75, 3.05) is 25.0 Å². The lowest BCUT2D eigenvalue weighted by Crippen LogP contribution is -2.31. The molecule has 1 amide bonds. The zero-order chi connectivity index (χ0) is 15.4. The highest BCUT2D eigenvalue weighted by Crippen LogP contribution is 2.20. The van der Waals surface area contributed by atoms with Gasteiger partial charge in [0.25, 0.3) is 0 Å². The molecule has 0 bridgehead atoms. The first-order valence-corrected chi connectivity index (χ1v) is 8.26. The quantitative estimate of drug-likeness (QED) is 0.835. The molecule has 2 heterocycles. The van der Waals surface area contributed by atoms with Crippen molar-refractivity contribution in [2.45, 2.75) is 39.2 Å². The molecule has 1 aliphatic rings. The molecule has 0 radical (unpaired) electrons. The Morgan fingerprint density at radius 1 is 1.27 bits per heavy atom. The van der Waals surface area contributed by atoms with Crippen molar-refractivity contribution in [3.63, 3.8) is 0 Å². The number of fused-ring (bicyclic) bond motifs is 1. The van der Waals surface area contributed by atoms with Crippen LogP contribution >= 0.6 is 0 Å². The van der Waals surface area contributed by atoms with E-state index in [0.29, 0.717) is 6.54 Å². The number of aromatic nitrogens is 2. The molecule has 22 heavy (non-hydrogen) atoms. The first-order valence-electron chi connectivity index (χ1n) is 8.26. The fourth-order valence-corrected chi connectivity index (χ4v) is 2.95. The summed E-state index contributed by atoms with van der Waals surface area (Å²) in [5, 5.41) is 3.38. The third-order valence-corrected chi connectivity index (χ3v) is 4.22. The van der Waals surface area contributed by atoms with Crippen LogP contribution in [0.1, 0.15) is 32.6 Å². The third kappa shape index (κ3) is 3.08. The van der Waals surface area contributed by atoms with Crippen molar-refractivity contribution in [3.05, 3.63) is 24.3 Å². The molecule has 0 aliphatic carbocycles. The van der Waals surface area contributed by atoms with Crippen molar-refractivity contribution in [2.24, 2.45) is 0 Å². The number of benzene rings is 1. The molecule has 1 aliphatic heterocycles. The van der Waals surface area contributed by atoms with Gasteiger partial charge in [0.15, 0.2) is 0 Å². The fourth-order valence-electron chi connectivity index (χ4n) is 2.95. The molecule has 5 nitrogen and oxygen atoms in total. The Bertz CT molecular complexity index is 643. The number of hydrogen-bond donors (Lipinski definition) is 1. The van der Waals surface area contributed by atoms with Gasteiger partial charge in [-0.05, 0) is 31.4 Å². The molecular formula is C17H24N4O. The lowest BCUT2D eigenvalue weighted by molar-refractivity contribution is -0.130. The van der Waals surface area contributed by atoms with Crippen LogP contribution < -0.4 is 5.32 Å². The molecule has 118 valence electrons. The molecule has 0 spiro atoms. The monoisotopic (exact) mass is 300 g/mol. The molecule has 1 fully saturated rings. The lowest BCUT2D eigenvalue weighted by Gasteiger charge is -2.17. The van der Waals surface area contributed by atoms with Crippen LogP contribution in [0.3, 0.4) is 0 Å². The molecule has 0 unspecified atom stereocenters. The highest BCUT2D eigenvalue weighted by atomic mass is 16.2. The molecule has 3 rings (SSSR count). The minimum absolute atomic E-state index is 0.194. The van der Waals surface area contributed by atoms with E-state index in [0.717, 1.165) is 62.3 Å². The number of hydrogen-bond acceptors (Lipinski definition) is 3. The fraction of sp³-hybridized carbons (Fsp3) is 0.529. The molecule has 0 atom stereocenters. The summed E-state index contributed by atoms with van der Waals surface area (Å²) in [5.41, 5.74) is 1.96. The van der Waals surface area contributed by atoms with E-state index >= 15 is 0 Å². The Balaban J connectivity index is 1.84. The molecule has 1 N–H and O–H groups in total. The van der Waals surface area contributed by atoms with E-state index in [9.17, 15) is 4.79 Å². The third-order valence-electron chi connectivity index (χ3n) is 4.22. The van der Waals surface area contributed by atoms with Crippen LogP contribution in [0.5, 0.6) is 0 Å². The van der Waals surface area contributed by atoms with Gasteiger partial charge in [-0.25, -0.2) is 4.98 Å². The largest absolute Gasteiger partial charge is 0.356 e. The Kier molecular flexibility index (Phi) is 4.61. The van der Waals surface area contributed by atoms with Gasteiger partial charge >= 0.3 is 0 Å². The molecule has 1 aromatic heterocycles. The first-order chi connectivity index (χ1) is 10.8. The Hall–Kier alpha value is -2.04. The summed E-state index contributed by atoms with van der Waals surface area (Å²) in [7, 11) is 0. The number of carbonyl (C=O) groups is 1. The van der Waals surface area contributed by atoms with Gasteiger partial charge in [-0.15, -0.1) is 0 Å². The number of para-hydroxylation sites is 2. The summed E-state index contributed by atoms with van der Waals surface area (Å²) >= 11 is 0. The maximum atomic E-state index is 12.5. The number of imidazole rings is 1. The van der Waals surface area contributed by atoms with E-state index in [1.165, 1.54) is 0 Å². The van der Waals surface area contributed by atoms with Gasteiger partial charge in [-0.3, -0.25) is 4.79 Å². The number of likely N-dealkylation sites (tertiary alicyclic amines) is 1. The predicted octanol–water partition coefficient (Wildman–Crippen LogP) is 2.87. The highest BCUT2D eigenvalue weighted by Gasteiger charge is 2.20. The smallest absolute Gasteiger partial charge is 0.242 e. The summed E-state index contributed by atoms with van der Waals surface area (Å²) in [6.45, 7) is 5.21. The van der Waals surface area contributed by atoms with Gasteiger partial charge in [0.05, 0.1) is 11.0 Å². The van der Waals surface area contributed by atoms with Crippen LogP contribution in [0, 0.1) is 0 Å². The molecule has 0 saturated carbocycles. The first kappa shape index (κ1) is 14.9. The number of amides is 1. The number of nitrogens with one attached hydrogen (secondary N) is 1. The zero-order valence-corrected chi connectivity index (χ0v) is 13.2. The second-order valence-corrected chi connectivity index (χ2v) is 5.88. The Labute approximate surface area is 131 Å². The van der Waals surface area contributed by atoms with Gasteiger partial charge in [0.2, 0.25) is 11.9 Å².